The van der Waals surface area contributed by atoms with Gasteiger partial charge in [-0.3, -0.25) is 9.20 Å². The third-order valence-electron chi connectivity index (χ3n) is 5.13. The molecule has 3 aromatic rings. The minimum atomic E-state index is -0.599. The number of aryl methyl sites for hydroxylation is 1. The summed E-state index contributed by atoms with van der Waals surface area (Å²) in [5.41, 5.74) is 8.80. The van der Waals surface area contributed by atoms with Crippen LogP contribution in [-0.4, -0.2) is 17.0 Å². The number of pyridine rings is 2. The number of carbonyl (C=O) groups is 1. The van der Waals surface area contributed by atoms with Crippen LogP contribution in [-0.2, 0) is 11.3 Å². The van der Waals surface area contributed by atoms with Crippen molar-refractivity contribution in [2.75, 3.05) is 6.61 Å². The number of nitrogens with two attached hydrogens (primary N) is 1. The third-order valence-corrected chi connectivity index (χ3v) is 6.30. The Morgan fingerprint density at radius 3 is 2.75 bits per heavy atom. The monoisotopic (exact) mass is 400 g/mol. The minimum absolute atomic E-state index is 0.0565. The van der Waals surface area contributed by atoms with E-state index in [1.54, 1.807) is 25.3 Å². The quantitative estimate of drug-likeness (QED) is 0.657. The maximum atomic E-state index is 14.1. The maximum absolute atomic E-state index is 14.1. The Kier molecular flexibility index (Phi) is 4.81. The zero-order chi connectivity index (χ0) is 20.0. The van der Waals surface area contributed by atoms with Crippen molar-refractivity contribution < 1.29 is 13.9 Å². The minimum Gasteiger partial charge on any atom is -0.462 e. The van der Waals surface area contributed by atoms with Crippen molar-refractivity contribution in [3.63, 3.8) is 0 Å². The van der Waals surface area contributed by atoms with Gasteiger partial charge in [0, 0.05) is 17.6 Å². The highest BCUT2D eigenvalue weighted by molar-refractivity contribution is 7.15. The summed E-state index contributed by atoms with van der Waals surface area (Å²) in [6, 6.07) is 4.97. The first-order chi connectivity index (χ1) is 13.5. The van der Waals surface area contributed by atoms with Gasteiger partial charge in [0.05, 0.1) is 17.0 Å². The van der Waals surface area contributed by atoms with Crippen LogP contribution in [0.25, 0.3) is 16.0 Å². The molecule has 1 aliphatic carbocycles. The molecule has 1 aliphatic rings. The summed E-state index contributed by atoms with van der Waals surface area (Å²) in [6.07, 6.45) is 3.70. The van der Waals surface area contributed by atoms with Gasteiger partial charge in [0.1, 0.15) is 11.4 Å². The van der Waals surface area contributed by atoms with Gasteiger partial charge in [0.2, 0.25) is 0 Å². The normalized spacial score (nSPS) is 13.9. The van der Waals surface area contributed by atoms with Gasteiger partial charge in [-0.15, -0.1) is 11.3 Å². The van der Waals surface area contributed by atoms with Crippen molar-refractivity contribution in [2.45, 2.75) is 39.2 Å². The standard InChI is InChI=1S/C21H21FN2O3S/c1-3-27-21(26)15-8-14(12-4-5-12)19-11(2)13(6-7-24(19)20(15)25)17-9-16(22)18(10-23)28-17/h6-9,12H,3-5,10,23H2,1-2H3. The zero-order valence-corrected chi connectivity index (χ0v) is 16.6. The Morgan fingerprint density at radius 1 is 1.39 bits per heavy atom. The third kappa shape index (κ3) is 3.04. The van der Waals surface area contributed by atoms with Crippen molar-refractivity contribution in [1.29, 1.82) is 0 Å². The van der Waals surface area contributed by atoms with E-state index in [0.717, 1.165) is 39.9 Å². The number of halogens is 1. The topological polar surface area (TPSA) is 73.8 Å². The van der Waals surface area contributed by atoms with Crippen LogP contribution in [0.2, 0.25) is 0 Å². The second kappa shape index (κ2) is 7.14. The smallest absolute Gasteiger partial charge is 0.343 e. The lowest BCUT2D eigenvalue weighted by Crippen LogP contribution is -2.25. The second-order valence-corrected chi connectivity index (χ2v) is 8.11. The molecular formula is C21H21FN2O3S. The SMILES string of the molecule is CCOC(=O)c1cc(C2CC2)c2c(C)c(-c3cc(F)c(CN)s3)ccn2c1=O. The fourth-order valence-corrected chi connectivity index (χ4v) is 4.60. The molecule has 2 N–H and O–H groups in total. The van der Waals surface area contributed by atoms with Crippen LogP contribution >= 0.6 is 11.3 Å². The van der Waals surface area contributed by atoms with Crippen molar-refractivity contribution in [3.05, 3.63) is 62.1 Å². The summed E-state index contributed by atoms with van der Waals surface area (Å²) in [6.45, 7) is 4.01. The highest BCUT2D eigenvalue weighted by Crippen LogP contribution is 2.44. The molecule has 0 atom stereocenters. The van der Waals surface area contributed by atoms with Gasteiger partial charge in [-0.1, -0.05) is 0 Å². The van der Waals surface area contributed by atoms with E-state index in [2.05, 4.69) is 0 Å². The van der Waals surface area contributed by atoms with Crippen molar-refractivity contribution in [3.8, 4) is 10.4 Å². The van der Waals surface area contributed by atoms with E-state index in [-0.39, 0.29) is 24.5 Å². The molecule has 0 unspecified atom stereocenters. The average molecular weight is 400 g/mol. The van der Waals surface area contributed by atoms with Crippen LogP contribution in [0, 0.1) is 12.7 Å². The van der Waals surface area contributed by atoms with E-state index in [9.17, 15) is 14.0 Å². The molecule has 3 heterocycles. The molecule has 0 amide bonds. The molecule has 5 nitrogen and oxygen atoms in total. The Hall–Kier alpha value is -2.51. The molecular weight excluding hydrogens is 379 g/mol. The molecule has 0 aromatic carbocycles. The van der Waals surface area contributed by atoms with Crippen LogP contribution in [0.15, 0.2) is 29.2 Å². The van der Waals surface area contributed by atoms with Gasteiger partial charge in [-0.05, 0) is 67.5 Å². The summed E-state index contributed by atoms with van der Waals surface area (Å²) in [5, 5.41) is 0. The summed E-state index contributed by atoms with van der Waals surface area (Å²) in [7, 11) is 0. The van der Waals surface area contributed by atoms with Gasteiger partial charge < -0.3 is 10.5 Å². The number of carbonyl (C=O) groups excluding carboxylic acids is 1. The molecule has 28 heavy (non-hydrogen) atoms. The number of hydrogen-bond donors (Lipinski definition) is 1. The van der Waals surface area contributed by atoms with Crippen LogP contribution in [0.1, 0.15) is 52.0 Å². The lowest BCUT2D eigenvalue weighted by Gasteiger charge is -2.15. The molecule has 0 saturated heterocycles. The van der Waals surface area contributed by atoms with Crippen LogP contribution in [0.5, 0.6) is 0 Å². The van der Waals surface area contributed by atoms with Gasteiger partial charge in [-0.2, -0.15) is 0 Å². The van der Waals surface area contributed by atoms with Gasteiger partial charge in [0.15, 0.2) is 0 Å². The molecule has 1 fully saturated rings. The largest absolute Gasteiger partial charge is 0.462 e. The molecule has 0 bridgehead atoms. The van der Waals surface area contributed by atoms with E-state index >= 15 is 0 Å². The fourth-order valence-electron chi connectivity index (χ4n) is 3.60. The number of nitrogens with zero attached hydrogens (tertiary/aromatic N) is 1. The summed E-state index contributed by atoms with van der Waals surface area (Å²) < 4.78 is 20.6. The molecule has 0 aliphatic heterocycles. The first kappa shape index (κ1) is 18.8. The first-order valence-electron chi connectivity index (χ1n) is 9.30. The van der Waals surface area contributed by atoms with Crippen molar-refractivity contribution >= 4 is 22.8 Å². The van der Waals surface area contributed by atoms with E-state index in [1.165, 1.54) is 21.8 Å². The molecule has 4 rings (SSSR count). The van der Waals surface area contributed by atoms with Crippen molar-refractivity contribution in [2.24, 2.45) is 5.73 Å². The van der Waals surface area contributed by atoms with E-state index in [1.807, 2.05) is 6.92 Å². The summed E-state index contributed by atoms with van der Waals surface area (Å²) in [4.78, 5) is 26.5. The molecule has 1 saturated carbocycles. The van der Waals surface area contributed by atoms with Crippen LogP contribution in [0.3, 0.4) is 0 Å². The molecule has 7 heteroatoms. The second-order valence-electron chi connectivity index (χ2n) is 6.97. The van der Waals surface area contributed by atoms with E-state index in [0.29, 0.717) is 10.8 Å². The van der Waals surface area contributed by atoms with Crippen molar-refractivity contribution in [1.82, 2.24) is 4.40 Å². The Labute approximate surface area is 165 Å². The zero-order valence-electron chi connectivity index (χ0n) is 15.8. The predicted octanol–water partition coefficient (Wildman–Crippen LogP) is 3.99. The maximum Gasteiger partial charge on any atom is 0.343 e. The lowest BCUT2D eigenvalue weighted by molar-refractivity contribution is 0.0524. The number of hydrogen-bond acceptors (Lipinski definition) is 5. The van der Waals surface area contributed by atoms with Gasteiger partial charge in [0.25, 0.3) is 5.56 Å². The average Bonchev–Trinajstić information content (AvgIpc) is 3.45. The molecule has 146 valence electrons. The number of rotatable bonds is 5. The van der Waals surface area contributed by atoms with Gasteiger partial charge >= 0.3 is 5.97 Å². The number of fused-ring (bicyclic) bond motifs is 1. The number of ether oxygens (including phenoxy) is 1. The molecule has 0 radical (unpaired) electrons. The van der Waals surface area contributed by atoms with Crippen LogP contribution < -0.4 is 11.3 Å². The Bertz CT molecular complexity index is 1140. The van der Waals surface area contributed by atoms with E-state index in [4.69, 9.17) is 10.5 Å². The Balaban J connectivity index is 1.97. The summed E-state index contributed by atoms with van der Waals surface area (Å²) in [5.74, 6) is -0.588. The Morgan fingerprint density at radius 2 is 2.14 bits per heavy atom. The lowest BCUT2D eigenvalue weighted by atomic mass is 10.00. The van der Waals surface area contributed by atoms with Crippen LogP contribution in [0.4, 0.5) is 4.39 Å². The summed E-state index contributed by atoms with van der Waals surface area (Å²) >= 11 is 1.32. The van der Waals surface area contributed by atoms with Gasteiger partial charge in [-0.25, -0.2) is 9.18 Å². The highest BCUT2D eigenvalue weighted by Gasteiger charge is 2.30. The number of esters is 1. The van der Waals surface area contributed by atoms with E-state index < -0.39 is 11.5 Å². The molecule has 0 spiro atoms. The number of aromatic nitrogens is 1. The number of thiophene rings is 1. The molecule has 3 aromatic heterocycles. The first-order valence-corrected chi connectivity index (χ1v) is 10.1. The predicted molar refractivity (Wildman–Crippen MR) is 107 cm³/mol. The fraction of sp³-hybridized carbons (Fsp3) is 0.333. The highest BCUT2D eigenvalue weighted by atomic mass is 32.1.